The molecule has 11 heteroatoms. The van der Waals surface area contributed by atoms with Crippen molar-refractivity contribution in [3.05, 3.63) is 0 Å². The molecule has 0 aromatic carbocycles. The zero-order valence-corrected chi connectivity index (χ0v) is 10.5. The lowest BCUT2D eigenvalue weighted by atomic mass is 9.93. The van der Waals surface area contributed by atoms with E-state index in [4.69, 9.17) is 15.3 Å². The third-order valence-electron chi connectivity index (χ3n) is 2.82. The molecule has 8 atom stereocenters. The van der Waals surface area contributed by atoms with Gasteiger partial charge in [0.15, 0.2) is 12.4 Å². The third-order valence-corrected chi connectivity index (χ3v) is 2.82. The van der Waals surface area contributed by atoms with Crippen LogP contribution >= 0.6 is 0 Å². The summed E-state index contributed by atoms with van der Waals surface area (Å²) in [6.07, 6.45) is -18.8. The Morgan fingerprint density at radius 2 is 1.00 bits per heavy atom. The van der Waals surface area contributed by atoms with Crippen molar-refractivity contribution in [2.45, 2.75) is 48.8 Å². The van der Waals surface area contributed by atoms with Gasteiger partial charge in [0.25, 0.3) is 0 Å². The van der Waals surface area contributed by atoms with E-state index >= 15 is 0 Å². The summed E-state index contributed by atoms with van der Waals surface area (Å²) < 4.78 is 0. The Morgan fingerprint density at radius 3 is 1.33 bits per heavy atom. The summed E-state index contributed by atoms with van der Waals surface area (Å²) >= 11 is 0. The number of rotatable bonds is 9. The second-order valence-corrected chi connectivity index (χ2v) is 4.35. The molecule has 0 fully saturated rings. The maximum Gasteiger partial charge on any atom is 0.335 e. The van der Waals surface area contributed by atoms with Gasteiger partial charge in [0, 0.05) is 0 Å². The maximum atomic E-state index is 10.4. The first-order valence-corrected chi connectivity index (χ1v) is 5.68. The number of carboxylic acid groups (broad SMARTS) is 1. The van der Waals surface area contributed by atoms with Crippen LogP contribution < -0.4 is 0 Å². The summed E-state index contributed by atoms with van der Waals surface area (Å²) in [7, 11) is 0. The van der Waals surface area contributed by atoms with Crippen molar-refractivity contribution in [1.82, 2.24) is 0 Å². The lowest BCUT2D eigenvalue weighted by Gasteiger charge is -2.32. The van der Waals surface area contributed by atoms with Crippen molar-refractivity contribution in [1.29, 1.82) is 0 Å². The van der Waals surface area contributed by atoms with Crippen molar-refractivity contribution in [2.75, 3.05) is 0 Å². The fourth-order valence-corrected chi connectivity index (χ4v) is 1.42. The van der Waals surface area contributed by atoms with Crippen molar-refractivity contribution >= 4 is 12.3 Å². The Bertz CT molecular complexity index is 348. The van der Waals surface area contributed by atoms with Gasteiger partial charge >= 0.3 is 5.97 Å². The Hall–Kier alpha value is -1.18. The number of aliphatic carboxylic acids is 1. The first-order chi connectivity index (χ1) is 9.56. The summed E-state index contributed by atoms with van der Waals surface area (Å²) in [5, 5.41) is 82.5. The summed E-state index contributed by atoms with van der Waals surface area (Å²) in [6.45, 7) is 0. The smallest absolute Gasteiger partial charge is 0.335 e. The van der Waals surface area contributed by atoms with Crippen LogP contribution in [0, 0.1) is 0 Å². The molecule has 0 aliphatic carbocycles. The molecule has 0 amide bonds. The van der Waals surface area contributed by atoms with Crippen LogP contribution in [-0.2, 0) is 9.59 Å². The third kappa shape index (κ3) is 4.94. The molecule has 0 saturated carbocycles. The van der Waals surface area contributed by atoms with Gasteiger partial charge < -0.3 is 50.8 Å². The molecule has 0 spiro atoms. The molecule has 9 N–H and O–H groups in total. The summed E-state index contributed by atoms with van der Waals surface area (Å²) in [5.74, 6) is -1.92. The minimum absolute atomic E-state index is 0.160. The number of aliphatic hydroxyl groups is 8. The average molecular weight is 314 g/mol. The SMILES string of the molecule is O=C[C@H](O)[C@@H](O)[C@H](O)[C@H](O)[C@@H](O)[C@@H](O)[C@H](O)[C@H](O)C(=O)O. The molecule has 0 radical (unpaired) electrons. The molecule has 0 aliphatic rings. The van der Waals surface area contributed by atoms with Crippen LogP contribution in [0.2, 0.25) is 0 Å². The summed E-state index contributed by atoms with van der Waals surface area (Å²) in [5.41, 5.74) is 0. The number of carboxylic acids is 1. The highest BCUT2D eigenvalue weighted by Gasteiger charge is 2.42. The zero-order chi connectivity index (χ0) is 16.9. The average Bonchev–Trinajstić information content (AvgIpc) is 2.48. The lowest BCUT2D eigenvalue weighted by Crippen LogP contribution is -2.57. The largest absolute Gasteiger partial charge is 0.479 e. The molecule has 0 unspecified atom stereocenters. The monoisotopic (exact) mass is 314 g/mol. The normalized spacial score (nSPS) is 23.2. The minimum atomic E-state index is -2.48. The van der Waals surface area contributed by atoms with Crippen molar-refractivity contribution in [3.8, 4) is 0 Å². The highest BCUT2D eigenvalue weighted by atomic mass is 16.4. The number of hydrogen-bond donors (Lipinski definition) is 9. The van der Waals surface area contributed by atoms with Crippen molar-refractivity contribution in [3.63, 3.8) is 0 Å². The Labute approximate surface area is 117 Å². The van der Waals surface area contributed by atoms with E-state index in [1.54, 1.807) is 0 Å². The minimum Gasteiger partial charge on any atom is -0.479 e. The topological polar surface area (TPSA) is 216 Å². The van der Waals surface area contributed by atoms with E-state index in [0.717, 1.165) is 0 Å². The van der Waals surface area contributed by atoms with E-state index in [-0.39, 0.29) is 6.29 Å². The first-order valence-electron chi connectivity index (χ1n) is 5.68. The highest BCUT2D eigenvalue weighted by molar-refractivity contribution is 5.72. The number of hydrogen-bond acceptors (Lipinski definition) is 10. The number of carbonyl (C=O) groups excluding carboxylic acids is 1. The number of aldehydes is 1. The zero-order valence-electron chi connectivity index (χ0n) is 10.5. The molecule has 124 valence electrons. The van der Waals surface area contributed by atoms with Gasteiger partial charge in [-0.25, -0.2) is 4.79 Å². The summed E-state index contributed by atoms with van der Waals surface area (Å²) in [4.78, 5) is 20.6. The van der Waals surface area contributed by atoms with E-state index < -0.39 is 54.8 Å². The predicted octanol–water partition coefficient (Wildman–Crippen LogP) is -5.84. The van der Waals surface area contributed by atoms with E-state index in [1.165, 1.54) is 0 Å². The van der Waals surface area contributed by atoms with Gasteiger partial charge in [-0.1, -0.05) is 0 Å². The van der Waals surface area contributed by atoms with Crippen LogP contribution in [0.15, 0.2) is 0 Å². The van der Waals surface area contributed by atoms with Gasteiger partial charge in [-0.15, -0.1) is 0 Å². The van der Waals surface area contributed by atoms with Crippen LogP contribution in [0.3, 0.4) is 0 Å². The van der Waals surface area contributed by atoms with Gasteiger partial charge in [-0.2, -0.15) is 0 Å². The Kier molecular flexibility index (Phi) is 7.84. The van der Waals surface area contributed by atoms with Crippen LogP contribution in [0.1, 0.15) is 0 Å². The van der Waals surface area contributed by atoms with Crippen molar-refractivity contribution in [2.24, 2.45) is 0 Å². The van der Waals surface area contributed by atoms with Crippen LogP contribution in [0.25, 0.3) is 0 Å². The van der Waals surface area contributed by atoms with E-state index in [2.05, 4.69) is 0 Å². The fraction of sp³-hybridized carbons (Fsp3) is 0.800. The number of aliphatic hydroxyl groups excluding tert-OH is 8. The second-order valence-electron chi connectivity index (χ2n) is 4.35. The van der Waals surface area contributed by atoms with Crippen molar-refractivity contribution < 1.29 is 55.5 Å². The summed E-state index contributed by atoms with van der Waals surface area (Å²) in [6, 6.07) is 0. The van der Waals surface area contributed by atoms with Gasteiger partial charge in [0.05, 0.1) is 0 Å². The molecule has 0 heterocycles. The van der Waals surface area contributed by atoms with Gasteiger partial charge in [0.1, 0.15) is 42.7 Å². The molecular formula is C10H18O11. The fourth-order valence-electron chi connectivity index (χ4n) is 1.42. The highest BCUT2D eigenvalue weighted by Crippen LogP contribution is 2.14. The lowest BCUT2D eigenvalue weighted by molar-refractivity contribution is -0.184. The van der Waals surface area contributed by atoms with Gasteiger partial charge in [-0.3, -0.25) is 0 Å². The second kappa shape index (κ2) is 8.31. The molecule has 0 bridgehead atoms. The van der Waals surface area contributed by atoms with Gasteiger partial charge in [-0.05, 0) is 0 Å². The van der Waals surface area contributed by atoms with Crippen LogP contribution in [-0.4, -0.2) is 107 Å². The molecule has 0 aromatic rings. The van der Waals surface area contributed by atoms with Crippen LogP contribution in [0.4, 0.5) is 0 Å². The first kappa shape index (κ1) is 19.8. The Balaban J connectivity index is 4.86. The maximum absolute atomic E-state index is 10.4. The molecule has 0 rings (SSSR count). The van der Waals surface area contributed by atoms with E-state index in [9.17, 15) is 40.2 Å². The molecular weight excluding hydrogens is 296 g/mol. The molecule has 0 saturated heterocycles. The molecule has 21 heavy (non-hydrogen) atoms. The van der Waals surface area contributed by atoms with E-state index in [1.807, 2.05) is 0 Å². The van der Waals surface area contributed by atoms with Crippen LogP contribution in [0.5, 0.6) is 0 Å². The number of carbonyl (C=O) groups is 2. The standard InChI is InChI=1S/C10H18O11/c11-1-2(12)3(13)4(14)5(15)6(16)7(17)8(18)9(19)10(20)21/h1-9,12-19H,(H,20,21)/t2-,3+,4-,5-,6+,7+,8-,9-/m0/s1. The van der Waals surface area contributed by atoms with E-state index in [0.29, 0.717) is 0 Å². The molecule has 0 aromatic heterocycles. The van der Waals surface area contributed by atoms with Gasteiger partial charge in [0.2, 0.25) is 0 Å². The molecule has 0 aliphatic heterocycles. The Morgan fingerprint density at radius 1 is 0.667 bits per heavy atom. The quantitative estimate of drug-likeness (QED) is 0.182. The molecule has 11 nitrogen and oxygen atoms in total. The predicted molar refractivity (Wildman–Crippen MR) is 61.8 cm³/mol.